The van der Waals surface area contributed by atoms with Gasteiger partial charge < -0.3 is 4.57 Å². The van der Waals surface area contributed by atoms with Crippen molar-refractivity contribution in [2.45, 2.75) is 45.6 Å². The Bertz CT molecular complexity index is 985. The minimum absolute atomic E-state index is 0.00191. The number of nitrogens with zero attached hydrogens (tertiary/aromatic N) is 3. The SMILES string of the molecule is Cc1cc(/C=C2\C(=O)NC(=O)N(C3CCCC3)C2=O)c(C)n1-c1cccnc1. The number of amides is 4. The van der Waals surface area contributed by atoms with Crippen molar-refractivity contribution in [3.8, 4) is 5.69 Å². The van der Waals surface area contributed by atoms with E-state index >= 15 is 0 Å². The zero-order valence-electron chi connectivity index (χ0n) is 15.9. The van der Waals surface area contributed by atoms with Crippen LogP contribution in [0, 0.1) is 13.8 Å². The highest BCUT2D eigenvalue weighted by atomic mass is 16.2. The molecule has 1 aliphatic carbocycles. The van der Waals surface area contributed by atoms with Crippen molar-refractivity contribution in [3.05, 3.63) is 53.1 Å². The van der Waals surface area contributed by atoms with E-state index in [4.69, 9.17) is 0 Å². The first kappa shape index (κ1) is 18.2. The molecule has 0 spiro atoms. The number of aryl methyl sites for hydroxylation is 1. The highest BCUT2D eigenvalue weighted by Gasteiger charge is 2.40. The summed E-state index contributed by atoms with van der Waals surface area (Å²) in [5.41, 5.74) is 3.52. The number of nitrogens with one attached hydrogen (secondary N) is 1. The van der Waals surface area contributed by atoms with Gasteiger partial charge in [0.25, 0.3) is 11.8 Å². The standard InChI is InChI=1S/C21H22N4O3/c1-13-10-15(14(2)24(13)17-8-5-9-22-12-17)11-18-19(26)23-21(28)25(20(18)27)16-6-3-4-7-16/h5,8-12,16H,3-4,6-7H2,1-2H3,(H,23,26,28)/b18-11+. The molecular formula is C21H22N4O3. The predicted octanol–water partition coefficient (Wildman–Crippen LogP) is 2.89. The number of rotatable bonds is 3. The maximum Gasteiger partial charge on any atom is 0.331 e. The van der Waals surface area contributed by atoms with Crippen molar-refractivity contribution in [2.24, 2.45) is 0 Å². The van der Waals surface area contributed by atoms with E-state index in [1.807, 2.05) is 36.6 Å². The highest BCUT2D eigenvalue weighted by Crippen LogP contribution is 2.28. The number of hydrogen-bond donors (Lipinski definition) is 1. The van der Waals surface area contributed by atoms with Crippen molar-refractivity contribution in [3.63, 3.8) is 0 Å². The summed E-state index contributed by atoms with van der Waals surface area (Å²) in [6, 6.07) is 4.98. The van der Waals surface area contributed by atoms with Gasteiger partial charge in [0.05, 0.1) is 11.9 Å². The molecule has 4 amide bonds. The van der Waals surface area contributed by atoms with Gasteiger partial charge in [0.1, 0.15) is 5.57 Å². The minimum atomic E-state index is -0.643. The lowest BCUT2D eigenvalue weighted by Gasteiger charge is -2.31. The zero-order valence-corrected chi connectivity index (χ0v) is 15.9. The fourth-order valence-electron chi connectivity index (χ4n) is 4.14. The smallest absolute Gasteiger partial charge is 0.316 e. The van der Waals surface area contributed by atoms with Gasteiger partial charge in [-0.1, -0.05) is 12.8 Å². The monoisotopic (exact) mass is 378 g/mol. The molecule has 2 fully saturated rings. The van der Waals surface area contributed by atoms with Crippen molar-refractivity contribution >= 4 is 23.9 Å². The summed E-state index contributed by atoms with van der Waals surface area (Å²) in [5, 5.41) is 2.32. The Morgan fingerprint density at radius 1 is 1.18 bits per heavy atom. The molecule has 144 valence electrons. The maximum atomic E-state index is 13.0. The van der Waals surface area contributed by atoms with E-state index in [1.54, 1.807) is 18.5 Å². The summed E-state index contributed by atoms with van der Waals surface area (Å²) in [6.07, 6.45) is 8.60. The molecule has 2 aromatic rings. The minimum Gasteiger partial charge on any atom is -0.316 e. The third kappa shape index (κ3) is 3.02. The molecule has 1 N–H and O–H groups in total. The fourth-order valence-corrected chi connectivity index (χ4v) is 4.14. The molecule has 7 heteroatoms. The van der Waals surface area contributed by atoms with Crippen LogP contribution in [-0.2, 0) is 9.59 Å². The van der Waals surface area contributed by atoms with Crippen LogP contribution in [0.25, 0.3) is 11.8 Å². The molecule has 1 aliphatic heterocycles. The van der Waals surface area contributed by atoms with E-state index < -0.39 is 17.8 Å². The van der Waals surface area contributed by atoms with Crippen molar-refractivity contribution in [1.29, 1.82) is 0 Å². The van der Waals surface area contributed by atoms with Crippen molar-refractivity contribution in [2.75, 3.05) is 0 Å². The van der Waals surface area contributed by atoms with Crippen molar-refractivity contribution in [1.82, 2.24) is 19.8 Å². The second kappa shape index (κ2) is 7.07. The highest BCUT2D eigenvalue weighted by molar-refractivity contribution is 6.31. The summed E-state index contributed by atoms with van der Waals surface area (Å²) in [5.74, 6) is -1.15. The first-order chi connectivity index (χ1) is 13.5. The van der Waals surface area contributed by atoms with Crippen LogP contribution in [-0.4, -0.2) is 38.3 Å². The van der Waals surface area contributed by atoms with Gasteiger partial charge in [-0.05, 0) is 56.5 Å². The molecule has 28 heavy (non-hydrogen) atoms. The number of barbiturate groups is 1. The maximum absolute atomic E-state index is 13.0. The Labute approximate surface area is 163 Å². The van der Waals surface area contributed by atoms with E-state index in [9.17, 15) is 14.4 Å². The second-order valence-electron chi connectivity index (χ2n) is 7.30. The van der Waals surface area contributed by atoms with E-state index in [1.165, 1.54) is 4.90 Å². The number of imide groups is 2. The molecule has 2 aliphatic rings. The summed E-state index contributed by atoms with van der Waals surface area (Å²) < 4.78 is 2.02. The van der Waals surface area contributed by atoms with Gasteiger partial charge in [-0.25, -0.2) is 4.79 Å². The second-order valence-corrected chi connectivity index (χ2v) is 7.30. The largest absolute Gasteiger partial charge is 0.331 e. The predicted molar refractivity (Wildman–Crippen MR) is 104 cm³/mol. The summed E-state index contributed by atoms with van der Waals surface area (Å²) in [7, 11) is 0. The molecular weight excluding hydrogens is 356 g/mol. The Hall–Kier alpha value is -3.22. The Balaban J connectivity index is 1.73. The lowest BCUT2D eigenvalue weighted by Crippen LogP contribution is -2.57. The topological polar surface area (TPSA) is 84.3 Å². The van der Waals surface area contributed by atoms with Crippen molar-refractivity contribution < 1.29 is 14.4 Å². The van der Waals surface area contributed by atoms with Gasteiger partial charge in [-0.15, -0.1) is 0 Å². The molecule has 0 atom stereocenters. The van der Waals surface area contributed by atoms with Crippen LogP contribution >= 0.6 is 0 Å². The molecule has 4 rings (SSSR count). The van der Waals surface area contributed by atoms with Gasteiger partial charge in [-0.2, -0.15) is 0 Å². The molecule has 0 aromatic carbocycles. The Kier molecular flexibility index (Phi) is 4.58. The van der Waals surface area contributed by atoms with E-state index in [2.05, 4.69) is 10.3 Å². The van der Waals surface area contributed by atoms with Crippen LogP contribution in [0.2, 0.25) is 0 Å². The van der Waals surface area contributed by atoms with Crippen LogP contribution in [0.15, 0.2) is 36.2 Å². The third-order valence-corrected chi connectivity index (χ3v) is 5.50. The number of urea groups is 1. The first-order valence-corrected chi connectivity index (χ1v) is 9.47. The molecule has 0 bridgehead atoms. The Morgan fingerprint density at radius 3 is 2.61 bits per heavy atom. The zero-order chi connectivity index (χ0) is 19.8. The van der Waals surface area contributed by atoms with Gasteiger partial charge in [0, 0.05) is 23.6 Å². The number of carbonyl (C=O) groups excluding carboxylic acids is 3. The number of carbonyl (C=O) groups is 3. The molecule has 1 saturated carbocycles. The first-order valence-electron chi connectivity index (χ1n) is 9.47. The average Bonchev–Trinajstić information content (AvgIpc) is 3.28. The summed E-state index contributed by atoms with van der Waals surface area (Å²) >= 11 is 0. The van der Waals surface area contributed by atoms with Crippen LogP contribution in [0.3, 0.4) is 0 Å². The third-order valence-electron chi connectivity index (χ3n) is 5.50. The number of aromatic nitrogens is 2. The summed E-state index contributed by atoms with van der Waals surface area (Å²) in [4.78, 5) is 43.0. The lowest BCUT2D eigenvalue weighted by atomic mass is 10.1. The average molecular weight is 378 g/mol. The molecule has 7 nitrogen and oxygen atoms in total. The molecule has 2 aromatic heterocycles. The lowest BCUT2D eigenvalue weighted by molar-refractivity contribution is -0.131. The van der Waals surface area contributed by atoms with Crippen LogP contribution in [0.4, 0.5) is 4.79 Å². The van der Waals surface area contributed by atoms with Crippen LogP contribution < -0.4 is 5.32 Å². The molecule has 0 unspecified atom stereocenters. The van der Waals surface area contributed by atoms with Crippen LogP contribution in [0.5, 0.6) is 0 Å². The fraction of sp³-hybridized carbons (Fsp3) is 0.333. The number of hydrogen-bond acceptors (Lipinski definition) is 4. The molecule has 0 radical (unpaired) electrons. The van der Waals surface area contributed by atoms with Gasteiger partial charge in [0.15, 0.2) is 0 Å². The molecule has 1 saturated heterocycles. The van der Waals surface area contributed by atoms with Crippen LogP contribution in [0.1, 0.15) is 42.6 Å². The Morgan fingerprint density at radius 2 is 1.93 bits per heavy atom. The van der Waals surface area contributed by atoms with Gasteiger partial charge >= 0.3 is 6.03 Å². The van der Waals surface area contributed by atoms with E-state index in [0.717, 1.165) is 48.3 Å². The van der Waals surface area contributed by atoms with Gasteiger partial charge in [0.2, 0.25) is 0 Å². The summed E-state index contributed by atoms with van der Waals surface area (Å²) in [6.45, 7) is 3.89. The molecule has 3 heterocycles. The number of pyridine rings is 1. The quantitative estimate of drug-likeness (QED) is 0.657. The van der Waals surface area contributed by atoms with E-state index in [0.29, 0.717) is 0 Å². The van der Waals surface area contributed by atoms with Gasteiger partial charge in [-0.3, -0.25) is 24.8 Å². The van der Waals surface area contributed by atoms with E-state index in [-0.39, 0.29) is 11.6 Å². The normalized spacial score (nSPS) is 19.6.